The van der Waals surface area contributed by atoms with Gasteiger partial charge in [-0.15, -0.1) is 0 Å². The molecule has 0 heterocycles. The van der Waals surface area contributed by atoms with Crippen molar-refractivity contribution in [3.63, 3.8) is 0 Å². The van der Waals surface area contributed by atoms with Gasteiger partial charge in [-0.3, -0.25) is 4.79 Å². The number of hydrogen-bond acceptors (Lipinski definition) is 2. The molecule has 13 heavy (non-hydrogen) atoms. The van der Waals surface area contributed by atoms with Crippen molar-refractivity contribution in [2.45, 2.75) is 26.8 Å². The third kappa shape index (κ3) is 6.34. The van der Waals surface area contributed by atoms with Crippen LogP contribution in [0.2, 0.25) is 0 Å². The van der Waals surface area contributed by atoms with Crippen LogP contribution in [0, 0.1) is 0 Å². The molecule has 0 aromatic heterocycles. The van der Waals surface area contributed by atoms with E-state index in [2.05, 4.69) is 11.9 Å². The number of carbonyl (C=O) groups is 1. The second-order valence-corrected chi connectivity index (χ2v) is 3.74. The minimum atomic E-state index is 0.108. The van der Waals surface area contributed by atoms with Crippen LogP contribution in [0.5, 0.6) is 0 Å². The summed E-state index contributed by atoms with van der Waals surface area (Å²) in [6.07, 6.45) is 0. The second-order valence-electron chi connectivity index (χ2n) is 3.74. The van der Waals surface area contributed by atoms with Crippen LogP contribution in [0.1, 0.15) is 20.8 Å². The van der Waals surface area contributed by atoms with Crippen molar-refractivity contribution in [3.8, 4) is 0 Å². The fraction of sp³-hybridized carbons (Fsp3) is 0.700. The van der Waals surface area contributed by atoms with Gasteiger partial charge in [0.25, 0.3) is 0 Å². The molecular weight excluding hydrogens is 164 g/mol. The molecule has 0 saturated carbocycles. The first-order valence-corrected chi connectivity index (χ1v) is 4.55. The molecule has 0 aliphatic rings. The average Bonchev–Trinajstić information content (AvgIpc) is 1.98. The summed E-state index contributed by atoms with van der Waals surface area (Å²) in [5.41, 5.74) is 1.00. The normalized spacial score (nSPS) is 10.2. The Kier molecular flexibility index (Phi) is 5.39. The summed E-state index contributed by atoms with van der Waals surface area (Å²) in [6, 6.07) is 0.349. The summed E-state index contributed by atoms with van der Waals surface area (Å²) in [4.78, 5) is 13.1. The molecule has 3 heteroatoms. The summed E-state index contributed by atoms with van der Waals surface area (Å²) in [5.74, 6) is 0.108. The van der Waals surface area contributed by atoms with Crippen LogP contribution in [-0.2, 0) is 4.79 Å². The zero-order valence-electron chi connectivity index (χ0n) is 9.05. The van der Waals surface area contributed by atoms with Crippen molar-refractivity contribution in [2.24, 2.45) is 0 Å². The topological polar surface area (TPSA) is 32.3 Å². The van der Waals surface area contributed by atoms with Crippen LogP contribution in [0.15, 0.2) is 12.2 Å². The molecule has 0 fully saturated rings. The Labute approximate surface area is 80.8 Å². The van der Waals surface area contributed by atoms with E-state index in [4.69, 9.17) is 0 Å². The van der Waals surface area contributed by atoms with Crippen LogP contribution < -0.4 is 5.32 Å². The van der Waals surface area contributed by atoms with E-state index >= 15 is 0 Å². The van der Waals surface area contributed by atoms with E-state index in [0.29, 0.717) is 19.1 Å². The number of hydrogen-bond donors (Lipinski definition) is 1. The van der Waals surface area contributed by atoms with Crippen molar-refractivity contribution in [1.82, 2.24) is 10.2 Å². The van der Waals surface area contributed by atoms with Crippen LogP contribution in [0.3, 0.4) is 0 Å². The van der Waals surface area contributed by atoms with Gasteiger partial charge >= 0.3 is 0 Å². The van der Waals surface area contributed by atoms with Crippen LogP contribution in [0.4, 0.5) is 0 Å². The maximum atomic E-state index is 11.4. The van der Waals surface area contributed by atoms with Gasteiger partial charge in [-0.2, -0.15) is 0 Å². The van der Waals surface area contributed by atoms with E-state index in [9.17, 15) is 4.79 Å². The van der Waals surface area contributed by atoms with Crippen LogP contribution in [-0.4, -0.2) is 37.0 Å². The van der Waals surface area contributed by atoms with E-state index in [0.717, 1.165) is 5.57 Å². The van der Waals surface area contributed by atoms with Crippen molar-refractivity contribution in [3.05, 3.63) is 12.2 Å². The fourth-order valence-electron chi connectivity index (χ4n) is 0.919. The Morgan fingerprint density at radius 1 is 1.54 bits per heavy atom. The first-order chi connectivity index (χ1) is 5.93. The maximum absolute atomic E-state index is 11.4. The van der Waals surface area contributed by atoms with Gasteiger partial charge < -0.3 is 10.2 Å². The average molecular weight is 184 g/mol. The van der Waals surface area contributed by atoms with Crippen molar-refractivity contribution in [1.29, 1.82) is 0 Å². The Morgan fingerprint density at radius 3 is 2.46 bits per heavy atom. The van der Waals surface area contributed by atoms with Gasteiger partial charge in [0.1, 0.15) is 0 Å². The number of nitrogens with zero attached hydrogens (tertiary/aromatic N) is 1. The smallest absolute Gasteiger partial charge is 0.236 e. The third-order valence-corrected chi connectivity index (χ3v) is 1.59. The number of carbonyl (C=O) groups excluding carboxylic acids is 1. The highest BCUT2D eigenvalue weighted by Gasteiger charge is 2.07. The largest absolute Gasteiger partial charge is 0.341 e. The van der Waals surface area contributed by atoms with E-state index in [1.165, 1.54) is 0 Å². The molecule has 0 radical (unpaired) electrons. The molecule has 0 unspecified atom stereocenters. The van der Waals surface area contributed by atoms with Gasteiger partial charge in [0.2, 0.25) is 5.91 Å². The summed E-state index contributed by atoms with van der Waals surface area (Å²) in [6.45, 7) is 10.8. The summed E-state index contributed by atoms with van der Waals surface area (Å²) in [5, 5.41) is 3.08. The van der Waals surface area contributed by atoms with Crippen molar-refractivity contribution in [2.75, 3.05) is 20.1 Å². The molecule has 76 valence electrons. The molecular formula is C10H20N2O. The summed E-state index contributed by atoms with van der Waals surface area (Å²) in [7, 11) is 1.79. The predicted molar refractivity (Wildman–Crippen MR) is 55.6 cm³/mol. The van der Waals surface area contributed by atoms with Gasteiger partial charge in [0, 0.05) is 19.6 Å². The quantitative estimate of drug-likeness (QED) is 0.647. The van der Waals surface area contributed by atoms with E-state index in [-0.39, 0.29) is 5.91 Å². The third-order valence-electron chi connectivity index (χ3n) is 1.59. The lowest BCUT2D eigenvalue weighted by Gasteiger charge is -2.18. The van der Waals surface area contributed by atoms with Gasteiger partial charge in [0.05, 0.1) is 6.54 Å². The van der Waals surface area contributed by atoms with Crippen molar-refractivity contribution < 1.29 is 4.79 Å². The molecule has 0 atom stereocenters. The first kappa shape index (κ1) is 12.2. The van der Waals surface area contributed by atoms with Crippen LogP contribution in [0.25, 0.3) is 0 Å². The van der Waals surface area contributed by atoms with Gasteiger partial charge in [-0.25, -0.2) is 0 Å². The molecule has 0 rings (SSSR count). The Balaban J connectivity index is 3.76. The number of rotatable bonds is 5. The van der Waals surface area contributed by atoms with E-state index in [1.54, 1.807) is 11.9 Å². The first-order valence-electron chi connectivity index (χ1n) is 4.55. The van der Waals surface area contributed by atoms with Gasteiger partial charge in [-0.05, 0) is 6.92 Å². The SMILES string of the molecule is C=C(C)CN(C)C(=O)CNC(C)C. The predicted octanol–water partition coefficient (Wildman–Crippen LogP) is 1.02. The highest BCUT2D eigenvalue weighted by Crippen LogP contribution is 1.92. The molecule has 0 spiro atoms. The van der Waals surface area contributed by atoms with Crippen LogP contribution >= 0.6 is 0 Å². The van der Waals surface area contributed by atoms with E-state index in [1.807, 2.05) is 20.8 Å². The molecule has 0 aromatic carbocycles. The van der Waals surface area contributed by atoms with Gasteiger partial charge in [-0.1, -0.05) is 26.0 Å². The minimum Gasteiger partial charge on any atom is -0.341 e. The summed E-state index contributed by atoms with van der Waals surface area (Å²) >= 11 is 0. The molecule has 0 saturated heterocycles. The lowest BCUT2D eigenvalue weighted by molar-refractivity contribution is -0.128. The molecule has 0 aliphatic carbocycles. The lowest BCUT2D eigenvalue weighted by Crippen LogP contribution is -2.38. The second kappa shape index (κ2) is 5.75. The van der Waals surface area contributed by atoms with E-state index < -0.39 is 0 Å². The standard InChI is InChI=1S/C10H20N2O/c1-8(2)7-12(5)10(13)6-11-9(3)4/h9,11H,1,6-7H2,2-5H3. The molecule has 0 bridgehead atoms. The highest BCUT2D eigenvalue weighted by molar-refractivity contribution is 5.78. The molecule has 1 N–H and O–H groups in total. The Bertz CT molecular complexity index is 187. The monoisotopic (exact) mass is 184 g/mol. The zero-order chi connectivity index (χ0) is 10.4. The fourth-order valence-corrected chi connectivity index (χ4v) is 0.919. The Morgan fingerprint density at radius 2 is 2.08 bits per heavy atom. The van der Waals surface area contributed by atoms with Gasteiger partial charge in [0.15, 0.2) is 0 Å². The minimum absolute atomic E-state index is 0.108. The number of nitrogens with one attached hydrogen (secondary N) is 1. The maximum Gasteiger partial charge on any atom is 0.236 e. The molecule has 3 nitrogen and oxygen atoms in total. The lowest BCUT2D eigenvalue weighted by atomic mass is 10.3. The summed E-state index contributed by atoms with van der Waals surface area (Å²) < 4.78 is 0. The Hall–Kier alpha value is -0.830. The van der Waals surface area contributed by atoms with Crippen molar-refractivity contribution >= 4 is 5.91 Å². The zero-order valence-corrected chi connectivity index (χ0v) is 9.05. The molecule has 0 aliphatic heterocycles. The molecule has 0 aromatic rings. The molecule has 1 amide bonds. The number of amides is 1. The number of likely N-dealkylation sites (N-methyl/N-ethyl adjacent to an activating group) is 1. The highest BCUT2D eigenvalue weighted by atomic mass is 16.2.